The highest BCUT2D eigenvalue weighted by atomic mass is 16.5. The Labute approximate surface area is 164 Å². The van der Waals surface area contributed by atoms with Gasteiger partial charge in [0.2, 0.25) is 5.88 Å². The maximum Gasteiger partial charge on any atom is 0.259 e. The van der Waals surface area contributed by atoms with Crippen molar-refractivity contribution in [2.75, 3.05) is 19.8 Å². The quantitative estimate of drug-likeness (QED) is 0.678. The van der Waals surface area contributed by atoms with E-state index in [1.54, 1.807) is 18.3 Å². The van der Waals surface area contributed by atoms with E-state index in [4.69, 9.17) is 9.47 Å². The lowest BCUT2D eigenvalue weighted by Crippen LogP contribution is -2.37. The number of nitrogens with zero attached hydrogens (tertiary/aromatic N) is 2. The zero-order chi connectivity index (χ0) is 19.3. The number of para-hydroxylation sites is 1. The lowest BCUT2D eigenvalue weighted by molar-refractivity contribution is 0.0504. The van der Waals surface area contributed by atoms with E-state index in [2.05, 4.69) is 16.0 Å². The fourth-order valence-corrected chi connectivity index (χ4v) is 3.70. The van der Waals surface area contributed by atoms with Crippen LogP contribution in [0.3, 0.4) is 0 Å². The fourth-order valence-electron chi connectivity index (χ4n) is 3.70. The van der Waals surface area contributed by atoms with Crippen molar-refractivity contribution in [1.82, 2.24) is 14.9 Å². The van der Waals surface area contributed by atoms with Gasteiger partial charge in [0, 0.05) is 43.0 Å². The van der Waals surface area contributed by atoms with Gasteiger partial charge in [-0.2, -0.15) is 0 Å². The molecule has 1 aliphatic heterocycles. The van der Waals surface area contributed by atoms with Crippen molar-refractivity contribution >= 4 is 16.8 Å². The number of aromatic amines is 1. The average Bonchev–Trinajstić information content (AvgIpc) is 3.38. The third-order valence-electron chi connectivity index (χ3n) is 5.05. The van der Waals surface area contributed by atoms with Crippen molar-refractivity contribution in [2.24, 2.45) is 0 Å². The number of ether oxygens (including phenoxy) is 2. The predicted octanol–water partition coefficient (Wildman–Crippen LogP) is 3.78. The first-order chi connectivity index (χ1) is 13.8. The van der Waals surface area contributed by atoms with E-state index < -0.39 is 0 Å². The molecule has 0 spiro atoms. The van der Waals surface area contributed by atoms with Gasteiger partial charge < -0.3 is 19.4 Å². The van der Waals surface area contributed by atoms with E-state index >= 15 is 0 Å². The summed E-state index contributed by atoms with van der Waals surface area (Å²) in [6.45, 7) is 4.17. The molecule has 1 N–H and O–H groups in total. The summed E-state index contributed by atoms with van der Waals surface area (Å²) in [6.07, 6.45) is 5.71. The number of aromatic nitrogens is 2. The minimum absolute atomic E-state index is 0.0707. The lowest BCUT2D eigenvalue weighted by atomic mass is 10.1. The standard InChI is InChI=1S/C22H25N3O3/c1-2-27-21-19(9-5-11-23-21)22(26)25(15-17-7-6-12-28-17)14-16-13-24-20-10-4-3-8-18(16)20/h3-5,8-11,13,17,24H,2,6-7,12,14-15H2,1H3. The molecule has 1 fully saturated rings. The van der Waals surface area contributed by atoms with Crippen LogP contribution in [0.25, 0.3) is 10.9 Å². The van der Waals surface area contributed by atoms with Gasteiger partial charge in [0.05, 0.1) is 12.7 Å². The molecular formula is C22H25N3O3. The number of carbonyl (C=O) groups excluding carboxylic acids is 1. The van der Waals surface area contributed by atoms with Gasteiger partial charge in [-0.3, -0.25) is 4.79 Å². The first-order valence-corrected chi connectivity index (χ1v) is 9.80. The largest absolute Gasteiger partial charge is 0.477 e. The van der Waals surface area contributed by atoms with Crippen molar-refractivity contribution in [2.45, 2.75) is 32.4 Å². The Balaban J connectivity index is 1.64. The molecule has 1 aromatic carbocycles. The molecule has 3 heterocycles. The van der Waals surface area contributed by atoms with Crippen molar-refractivity contribution in [3.63, 3.8) is 0 Å². The molecule has 0 aliphatic carbocycles. The first-order valence-electron chi connectivity index (χ1n) is 9.80. The van der Waals surface area contributed by atoms with E-state index in [1.165, 1.54) is 0 Å². The Morgan fingerprint density at radius 2 is 2.21 bits per heavy atom. The van der Waals surface area contributed by atoms with Gasteiger partial charge in [0.25, 0.3) is 5.91 Å². The van der Waals surface area contributed by atoms with Crippen molar-refractivity contribution in [3.8, 4) is 5.88 Å². The monoisotopic (exact) mass is 379 g/mol. The number of hydrogen-bond donors (Lipinski definition) is 1. The van der Waals surface area contributed by atoms with Crippen LogP contribution in [-0.2, 0) is 11.3 Å². The van der Waals surface area contributed by atoms with Crippen LogP contribution in [0, 0.1) is 0 Å². The predicted molar refractivity (Wildman–Crippen MR) is 107 cm³/mol. The zero-order valence-corrected chi connectivity index (χ0v) is 16.1. The molecule has 1 atom stereocenters. The van der Waals surface area contributed by atoms with Gasteiger partial charge in [-0.05, 0) is 43.5 Å². The molecule has 4 rings (SSSR count). The molecule has 6 heteroatoms. The minimum Gasteiger partial charge on any atom is -0.477 e. The average molecular weight is 379 g/mol. The number of carbonyl (C=O) groups is 1. The molecule has 1 unspecified atom stereocenters. The Bertz CT molecular complexity index is 947. The Morgan fingerprint density at radius 3 is 3.04 bits per heavy atom. The van der Waals surface area contributed by atoms with Crippen LogP contribution in [0.1, 0.15) is 35.7 Å². The SMILES string of the molecule is CCOc1ncccc1C(=O)N(Cc1c[nH]c2ccccc12)CC1CCCO1. The van der Waals surface area contributed by atoms with Crippen LogP contribution < -0.4 is 4.74 Å². The minimum atomic E-state index is -0.0858. The van der Waals surface area contributed by atoms with E-state index in [-0.39, 0.29) is 12.0 Å². The van der Waals surface area contributed by atoms with Crippen LogP contribution >= 0.6 is 0 Å². The van der Waals surface area contributed by atoms with E-state index in [9.17, 15) is 4.79 Å². The number of fused-ring (bicyclic) bond motifs is 1. The molecule has 0 radical (unpaired) electrons. The Morgan fingerprint density at radius 1 is 1.32 bits per heavy atom. The van der Waals surface area contributed by atoms with Crippen molar-refractivity contribution in [1.29, 1.82) is 0 Å². The highest BCUT2D eigenvalue weighted by Gasteiger charge is 2.26. The molecule has 1 saturated heterocycles. The highest BCUT2D eigenvalue weighted by Crippen LogP contribution is 2.24. The second kappa shape index (κ2) is 8.44. The van der Waals surface area contributed by atoms with Gasteiger partial charge in [-0.15, -0.1) is 0 Å². The summed E-state index contributed by atoms with van der Waals surface area (Å²) in [7, 11) is 0. The van der Waals surface area contributed by atoms with Crippen LogP contribution in [0.2, 0.25) is 0 Å². The highest BCUT2D eigenvalue weighted by molar-refractivity contribution is 5.96. The topological polar surface area (TPSA) is 67.5 Å². The Hall–Kier alpha value is -2.86. The van der Waals surface area contributed by atoms with Gasteiger partial charge in [0.15, 0.2) is 0 Å². The number of amides is 1. The molecule has 6 nitrogen and oxygen atoms in total. The summed E-state index contributed by atoms with van der Waals surface area (Å²) in [5.41, 5.74) is 2.64. The van der Waals surface area contributed by atoms with Crippen molar-refractivity contribution < 1.29 is 14.3 Å². The number of benzene rings is 1. The zero-order valence-electron chi connectivity index (χ0n) is 16.1. The smallest absolute Gasteiger partial charge is 0.259 e. The second-order valence-corrected chi connectivity index (χ2v) is 6.97. The number of pyridine rings is 1. The summed E-state index contributed by atoms with van der Waals surface area (Å²) in [5, 5.41) is 1.13. The van der Waals surface area contributed by atoms with Gasteiger partial charge in [0.1, 0.15) is 5.56 Å². The normalized spacial score (nSPS) is 16.4. The first kappa shape index (κ1) is 18.5. The van der Waals surface area contributed by atoms with Crippen LogP contribution in [0.5, 0.6) is 5.88 Å². The third-order valence-corrected chi connectivity index (χ3v) is 5.05. The molecule has 0 saturated carbocycles. The third kappa shape index (κ3) is 3.87. The van der Waals surface area contributed by atoms with Crippen molar-refractivity contribution in [3.05, 3.63) is 59.9 Å². The summed E-state index contributed by atoms with van der Waals surface area (Å²) in [4.78, 5) is 22.8. The van der Waals surface area contributed by atoms with E-state index in [0.29, 0.717) is 31.1 Å². The van der Waals surface area contributed by atoms with Crippen LogP contribution in [0.4, 0.5) is 0 Å². The molecule has 1 amide bonds. The maximum absolute atomic E-state index is 13.4. The fraction of sp³-hybridized carbons (Fsp3) is 0.364. The molecule has 28 heavy (non-hydrogen) atoms. The summed E-state index contributed by atoms with van der Waals surface area (Å²) in [6, 6.07) is 11.7. The molecule has 1 aliphatic rings. The summed E-state index contributed by atoms with van der Waals surface area (Å²) < 4.78 is 11.4. The second-order valence-electron chi connectivity index (χ2n) is 6.97. The molecular weight excluding hydrogens is 354 g/mol. The van der Waals surface area contributed by atoms with Crippen LogP contribution in [0.15, 0.2) is 48.8 Å². The molecule has 0 bridgehead atoms. The van der Waals surface area contributed by atoms with E-state index in [0.717, 1.165) is 35.9 Å². The summed E-state index contributed by atoms with van der Waals surface area (Å²) in [5.74, 6) is 0.295. The summed E-state index contributed by atoms with van der Waals surface area (Å²) >= 11 is 0. The lowest BCUT2D eigenvalue weighted by Gasteiger charge is -2.26. The van der Waals surface area contributed by atoms with Crippen LogP contribution in [-0.4, -0.2) is 46.6 Å². The van der Waals surface area contributed by atoms with E-state index in [1.807, 2.05) is 36.2 Å². The van der Waals surface area contributed by atoms with Gasteiger partial charge in [-0.25, -0.2) is 4.98 Å². The number of H-pyrrole nitrogens is 1. The number of rotatable bonds is 7. The molecule has 146 valence electrons. The van der Waals surface area contributed by atoms with Gasteiger partial charge in [-0.1, -0.05) is 18.2 Å². The number of hydrogen-bond acceptors (Lipinski definition) is 4. The molecule has 3 aromatic rings. The number of nitrogens with one attached hydrogen (secondary N) is 1. The molecule has 2 aromatic heterocycles. The Kier molecular flexibility index (Phi) is 5.58. The maximum atomic E-state index is 13.4. The van der Waals surface area contributed by atoms with Gasteiger partial charge >= 0.3 is 0 Å².